The molecule has 23 heavy (non-hydrogen) atoms. The van der Waals surface area contributed by atoms with E-state index in [1.807, 2.05) is 17.5 Å². The topological polar surface area (TPSA) is 88.2 Å². The quantitative estimate of drug-likeness (QED) is 0.804. The summed E-state index contributed by atoms with van der Waals surface area (Å²) < 4.78 is 0. The van der Waals surface area contributed by atoms with Crippen LogP contribution in [0.4, 0.5) is 5.13 Å². The zero-order valence-corrected chi connectivity index (χ0v) is 13.7. The molecule has 1 aliphatic rings. The van der Waals surface area contributed by atoms with Crippen LogP contribution >= 0.6 is 11.3 Å². The third-order valence-corrected chi connectivity index (χ3v) is 5.04. The van der Waals surface area contributed by atoms with Crippen LogP contribution < -0.4 is 11.1 Å². The number of aliphatic hydroxyl groups excluding tert-OH is 1. The molecule has 1 aromatic carbocycles. The average Bonchev–Trinajstić information content (AvgIpc) is 3.04. The van der Waals surface area contributed by atoms with Crippen molar-refractivity contribution in [1.82, 2.24) is 4.98 Å². The molecule has 1 aliphatic carbocycles. The van der Waals surface area contributed by atoms with E-state index in [-0.39, 0.29) is 18.6 Å². The maximum absolute atomic E-state index is 11.3. The van der Waals surface area contributed by atoms with Crippen molar-refractivity contribution in [2.24, 2.45) is 5.73 Å². The lowest BCUT2D eigenvalue weighted by Gasteiger charge is -2.25. The molecule has 122 valence electrons. The number of benzene rings is 1. The summed E-state index contributed by atoms with van der Waals surface area (Å²) in [6, 6.07) is 8.40. The summed E-state index contributed by atoms with van der Waals surface area (Å²) in [6.07, 6.45) is 3.67. The van der Waals surface area contributed by atoms with Crippen LogP contribution in [-0.4, -0.2) is 28.6 Å². The minimum Gasteiger partial charge on any atom is -0.393 e. The van der Waals surface area contributed by atoms with Crippen molar-refractivity contribution >= 4 is 22.4 Å². The molecule has 0 saturated heterocycles. The molecule has 1 saturated carbocycles. The highest BCUT2D eigenvalue weighted by Crippen LogP contribution is 2.35. The molecule has 0 bridgehead atoms. The SMILES string of the molecule is NCC(=O)Nc1nc(-c2cccc(C3CCC(O)CC3)c2)cs1. The van der Waals surface area contributed by atoms with Gasteiger partial charge in [0.15, 0.2) is 5.13 Å². The fourth-order valence-electron chi connectivity index (χ4n) is 3.00. The van der Waals surface area contributed by atoms with Crippen LogP contribution in [0.3, 0.4) is 0 Å². The maximum atomic E-state index is 11.3. The summed E-state index contributed by atoms with van der Waals surface area (Å²) in [6.45, 7) is -0.0437. The number of amides is 1. The van der Waals surface area contributed by atoms with Gasteiger partial charge in [-0.25, -0.2) is 4.98 Å². The van der Waals surface area contributed by atoms with Crippen molar-refractivity contribution in [2.75, 3.05) is 11.9 Å². The van der Waals surface area contributed by atoms with Crippen molar-refractivity contribution in [3.63, 3.8) is 0 Å². The first-order valence-electron chi connectivity index (χ1n) is 7.89. The summed E-state index contributed by atoms with van der Waals surface area (Å²) >= 11 is 1.40. The molecule has 0 atom stereocenters. The molecule has 0 aliphatic heterocycles. The number of nitrogens with two attached hydrogens (primary N) is 1. The van der Waals surface area contributed by atoms with Crippen molar-refractivity contribution in [1.29, 1.82) is 0 Å². The fourth-order valence-corrected chi connectivity index (χ4v) is 3.73. The summed E-state index contributed by atoms with van der Waals surface area (Å²) in [5.41, 5.74) is 8.51. The number of hydrogen-bond donors (Lipinski definition) is 3. The van der Waals surface area contributed by atoms with E-state index < -0.39 is 0 Å². The van der Waals surface area contributed by atoms with Gasteiger partial charge in [0.25, 0.3) is 0 Å². The second kappa shape index (κ2) is 7.21. The van der Waals surface area contributed by atoms with Crippen LogP contribution in [-0.2, 0) is 4.79 Å². The standard InChI is InChI=1S/C17H21N3O2S/c18-9-16(22)20-17-19-15(10-23-17)13-3-1-2-12(8-13)11-4-6-14(21)7-5-11/h1-3,8,10-11,14,21H,4-7,9,18H2,(H,19,20,22). The van der Waals surface area contributed by atoms with Gasteiger partial charge in [0, 0.05) is 10.9 Å². The second-order valence-corrected chi connectivity index (χ2v) is 6.78. The van der Waals surface area contributed by atoms with Gasteiger partial charge in [0.1, 0.15) is 0 Å². The smallest absolute Gasteiger partial charge is 0.239 e. The second-order valence-electron chi connectivity index (χ2n) is 5.92. The third kappa shape index (κ3) is 3.96. The van der Waals surface area contributed by atoms with Gasteiger partial charge >= 0.3 is 0 Å². The molecule has 1 amide bonds. The van der Waals surface area contributed by atoms with E-state index in [2.05, 4.69) is 22.4 Å². The number of hydrogen-bond acceptors (Lipinski definition) is 5. The lowest BCUT2D eigenvalue weighted by Crippen LogP contribution is -2.21. The molecular weight excluding hydrogens is 310 g/mol. The number of carbonyl (C=O) groups is 1. The highest BCUT2D eigenvalue weighted by atomic mass is 32.1. The number of nitrogens with zero attached hydrogens (tertiary/aromatic N) is 1. The van der Waals surface area contributed by atoms with Crippen LogP contribution in [0.2, 0.25) is 0 Å². The zero-order chi connectivity index (χ0) is 16.2. The largest absolute Gasteiger partial charge is 0.393 e. The van der Waals surface area contributed by atoms with E-state index in [9.17, 15) is 9.90 Å². The summed E-state index contributed by atoms with van der Waals surface area (Å²) in [5, 5.41) is 14.8. The first-order valence-corrected chi connectivity index (χ1v) is 8.77. The number of anilines is 1. The first kappa shape index (κ1) is 16.1. The zero-order valence-electron chi connectivity index (χ0n) is 12.9. The molecule has 2 aromatic rings. The van der Waals surface area contributed by atoms with Crippen LogP contribution in [0.1, 0.15) is 37.2 Å². The minimum absolute atomic E-state index is 0.0437. The third-order valence-electron chi connectivity index (χ3n) is 4.29. The van der Waals surface area contributed by atoms with Crippen LogP contribution in [0.15, 0.2) is 29.6 Å². The number of aromatic nitrogens is 1. The average molecular weight is 331 g/mol. The lowest BCUT2D eigenvalue weighted by atomic mass is 9.82. The van der Waals surface area contributed by atoms with E-state index in [0.717, 1.165) is 36.9 Å². The van der Waals surface area contributed by atoms with Crippen molar-refractivity contribution in [3.05, 3.63) is 35.2 Å². The monoisotopic (exact) mass is 331 g/mol. The van der Waals surface area contributed by atoms with E-state index >= 15 is 0 Å². The normalized spacial score (nSPS) is 21.1. The lowest BCUT2D eigenvalue weighted by molar-refractivity contribution is -0.114. The van der Waals surface area contributed by atoms with E-state index in [4.69, 9.17) is 5.73 Å². The first-order chi connectivity index (χ1) is 11.2. The van der Waals surface area contributed by atoms with Crippen molar-refractivity contribution < 1.29 is 9.90 Å². The Hall–Kier alpha value is -1.76. The van der Waals surface area contributed by atoms with Gasteiger partial charge in [-0.15, -0.1) is 11.3 Å². The Morgan fingerprint density at radius 1 is 1.35 bits per heavy atom. The minimum atomic E-state index is -0.236. The molecule has 0 radical (unpaired) electrons. The summed E-state index contributed by atoms with van der Waals surface area (Å²) in [4.78, 5) is 15.8. The van der Waals surface area contributed by atoms with Crippen LogP contribution in [0.25, 0.3) is 11.3 Å². The molecule has 0 spiro atoms. The Morgan fingerprint density at radius 3 is 2.87 bits per heavy atom. The highest BCUT2D eigenvalue weighted by Gasteiger charge is 2.21. The Labute approximate surface area is 139 Å². The molecule has 1 aromatic heterocycles. The predicted molar refractivity (Wildman–Crippen MR) is 92.4 cm³/mol. The molecule has 0 unspecified atom stereocenters. The fraction of sp³-hybridized carbons (Fsp3) is 0.412. The highest BCUT2D eigenvalue weighted by molar-refractivity contribution is 7.14. The van der Waals surface area contributed by atoms with Gasteiger partial charge in [-0.1, -0.05) is 18.2 Å². The number of thiazole rings is 1. The van der Waals surface area contributed by atoms with Gasteiger partial charge in [0.05, 0.1) is 18.3 Å². The Bertz CT molecular complexity index is 678. The molecule has 5 nitrogen and oxygen atoms in total. The number of carbonyl (C=O) groups excluding carboxylic acids is 1. The number of aliphatic hydroxyl groups is 1. The van der Waals surface area contributed by atoms with Crippen LogP contribution in [0.5, 0.6) is 0 Å². The molecular formula is C17H21N3O2S. The maximum Gasteiger partial charge on any atom is 0.239 e. The van der Waals surface area contributed by atoms with Gasteiger partial charge in [0.2, 0.25) is 5.91 Å². The number of nitrogens with one attached hydrogen (secondary N) is 1. The Balaban J connectivity index is 1.76. The number of rotatable bonds is 4. The van der Waals surface area contributed by atoms with E-state index in [1.165, 1.54) is 16.9 Å². The molecule has 1 heterocycles. The van der Waals surface area contributed by atoms with Gasteiger partial charge < -0.3 is 16.2 Å². The van der Waals surface area contributed by atoms with Crippen LogP contribution in [0, 0.1) is 0 Å². The predicted octanol–water partition coefficient (Wildman–Crippen LogP) is 2.73. The molecule has 3 rings (SSSR count). The van der Waals surface area contributed by atoms with Gasteiger partial charge in [-0.05, 0) is 43.2 Å². The summed E-state index contributed by atoms with van der Waals surface area (Å²) in [7, 11) is 0. The van der Waals surface area contributed by atoms with Gasteiger partial charge in [-0.3, -0.25) is 4.79 Å². The van der Waals surface area contributed by atoms with Gasteiger partial charge in [-0.2, -0.15) is 0 Å². The Kier molecular flexibility index (Phi) is 5.05. The Morgan fingerprint density at radius 2 is 2.13 bits per heavy atom. The molecule has 6 heteroatoms. The van der Waals surface area contributed by atoms with E-state index in [1.54, 1.807) is 0 Å². The molecule has 4 N–H and O–H groups in total. The van der Waals surface area contributed by atoms with Crippen molar-refractivity contribution in [2.45, 2.75) is 37.7 Å². The summed E-state index contributed by atoms with van der Waals surface area (Å²) in [5.74, 6) is 0.272. The van der Waals surface area contributed by atoms with Crippen molar-refractivity contribution in [3.8, 4) is 11.3 Å². The molecule has 1 fully saturated rings. The van der Waals surface area contributed by atoms with E-state index in [0.29, 0.717) is 11.0 Å².